The van der Waals surface area contributed by atoms with Gasteiger partial charge in [-0.2, -0.15) is 0 Å². The van der Waals surface area contributed by atoms with Crippen LogP contribution in [0.25, 0.3) is 11.3 Å². The molecule has 0 aliphatic rings. The average molecular weight is 234 g/mol. The maximum atomic E-state index is 13.1. The van der Waals surface area contributed by atoms with E-state index in [9.17, 15) is 9.18 Å². The van der Waals surface area contributed by atoms with E-state index in [2.05, 4.69) is 4.98 Å². The highest BCUT2D eigenvalue weighted by Gasteiger charge is 2.17. The summed E-state index contributed by atoms with van der Waals surface area (Å²) in [4.78, 5) is 14.8. The number of rotatable bonds is 3. The molecule has 5 heteroatoms. The molecule has 0 radical (unpaired) electrons. The van der Waals surface area contributed by atoms with Crippen LogP contribution in [0, 0.1) is 5.82 Å². The first-order valence-corrected chi connectivity index (χ1v) is 5.10. The molecule has 0 fully saturated rings. The Kier molecular flexibility index (Phi) is 2.91. The summed E-state index contributed by atoms with van der Waals surface area (Å²) >= 11 is 0. The van der Waals surface area contributed by atoms with E-state index in [4.69, 9.17) is 5.11 Å². The fraction of sp³-hybridized carbons (Fsp3) is 0.167. The lowest BCUT2D eigenvalue weighted by Gasteiger charge is -2.12. The second-order valence-corrected chi connectivity index (χ2v) is 3.71. The lowest BCUT2D eigenvalue weighted by atomic mass is 10.1. The van der Waals surface area contributed by atoms with Crippen molar-refractivity contribution in [3.63, 3.8) is 0 Å². The number of nitrogens with zero attached hydrogens (tertiary/aromatic N) is 2. The molecule has 2 rings (SSSR count). The number of halogens is 1. The monoisotopic (exact) mass is 234 g/mol. The van der Waals surface area contributed by atoms with Crippen LogP contribution in [0.1, 0.15) is 13.0 Å². The van der Waals surface area contributed by atoms with Gasteiger partial charge in [-0.25, -0.2) is 14.2 Å². The van der Waals surface area contributed by atoms with Crippen LogP contribution in [0.3, 0.4) is 0 Å². The Balaban J connectivity index is 2.47. The van der Waals surface area contributed by atoms with E-state index in [1.807, 2.05) is 0 Å². The van der Waals surface area contributed by atoms with Gasteiger partial charge in [-0.05, 0) is 19.1 Å². The Hall–Kier alpha value is -2.17. The van der Waals surface area contributed by atoms with E-state index < -0.39 is 12.0 Å². The second kappa shape index (κ2) is 4.37. The molecule has 1 N–H and O–H groups in total. The topological polar surface area (TPSA) is 55.1 Å². The number of carboxylic acid groups (broad SMARTS) is 1. The van der Waals surface area contributed by atoms with Crippen LogP contribution in [0.2, 0.25) is 0 Å². The third kappa shape index (κ3) is 2.18. The molecule has 0 aliphatic carbocycles. The zero-order chi connectivity index (χ0) is 12.4. The number of aromatic nitrogens is 2. The SMILES string of the molecule is CC(C(=O)O)n1cncc1-c1cccc(F)c1. The minimum absolute atomic E-state index is 0.363. The molecule has 0 amide bonds. The molecule has 2 aromatic rings. The van der Waals surface area contributed by atoms with E-state index in [1.165, 1.54) is 29.2 Å². The molecule has 4 nitrogen and oxygen atoms in total. The van der Waals surface area contributed by atoms with Crippen molar-refractivity contribution in [3.8, 4) is 11.3 Å². The Labute approximate surface area is 97.3 Å². The van der Waals surface area contributed by atoms with E-state index in [0.29, 0.717) is 11.3 Å². The second-order valence-electron chi connectivity index (χ2n) is 3.71. The average Bonchev–Trinajstić information content (AvgIpc) is 2.76. The van der Waals surface area contributed by atoms with Crippen molar-refractivity contribution < 1.29 is 14.3 Å². The fourth-order valence-corrected chi connectivity index (χ4v) is 1.60. The molecule has 17 heavy (non-hydrogen) atoms. The molecule has 1 atom stereocenters. The van der Waals surface area contributed by atoms with Crippen LogP contribution in [-0.4, -0.2) is 20.6 Å². The summed E-state index contributed by atoms with van der Waals surface area (Å²) in [6, 6.07) is 5.24. The first kappa shape index (κ1) is 11.3. The third-order valence-electron chi connectivity index (χ3n) is 2.56. The number of hydrogen-bond donors (Lipinski definition) is 1. The van der Waals surface area contributed by atoms with Crippen molar-refractivity contribution in [2.45, 2.75) is 13.0 Å². The summed E-state index contributed by atoms with van der Waals surface area (Å²) in [6.45, 7) is 1.55. The first-order chi connectivity index (χ1) is 8.09. The molecule has 1 heterocycles. The molecule has 0 saturated carbocycles. The minimum atomic E-state index is -0.958. The van der Waals surface area contributed by atoms with Gasteiger partial charge in [-0.1, -0.05) is 12.1 Å². The van der Waals surface area contributed by atoms with Crippen LogP contribution in [0.5, 0.6) is 0 Å². The number of hydrogen-bond acceptors (Lipinski definition) is 2. The smallest absolute Gasteiger partial charge is 0.326 e. The van der Waals surface area contributed by atoms with Gasteiger partial charge in [0.1, 0.15) is 11.9 Å². The lowest BCUT2D eigenvalue weighted by Crippen LogP contribution is -2.15. The van der Waals surface area contributed by atoms with Gasteiger partial charge in [0.2, 0.25) is 0 Å². The summed E-state index contributed by atoms with van der Waals surface area (Å²) in [5.74, 6) is -1.32. The molecule has 0 aliphatic heterocycles. The predicted molar refractivity (Wildman–Crippen MR) is 60.0 cm³/mol. The first-order valence-electron chi connectivity index (χ1n) is 5.10. The van der Waals surface area contributed by atoms with Gasteiger partial charge in [-0.15, -0.1) is 0 Å². The lowest BCUT2D eigenvalue weighted by molar-refractivity contribution is -0.140. The zero-order valence-electron chi connectivity index (χ0n) is 9.17. The normalized spacial score (nSPS) is 12.4. The Morgan fingerprint density at radius 1 is 1.53 bits per heavy atom. The molecular formula is C12H11FN2O2. The third-order valence-corrected chi connectivity index (χ3v) is 2.56. The van der Waals surface area contributed by atoms with Crippen molar-refractivity contribution in [1.82, 2.24) is 9.55 Å². The number of imidazole rings is 1. The number of benzene rings is 1. The van der Waals surface area contributed by atoms with Crippen LogP contribution in [0.15, 0.2) is 36.8 Å². The van der Waals surface area contributed by atoms with Gasteiger partial charge in [0.25, 0.3) is 0 Å². The Morgan fingerprint density at radius 3 is 2.94 bits per heavy atom. The molecule has 1 unspecified atom stereocenters. The maximum Gasteiger partial charge on any atom is 0.326 e. The van der Waals surface area contributed by atoms with E-state index in [0.717, 1.165) is 0 Å². The molecule has 0 saturated heterocycles. The van der Waals surface area contributed by atoms with Crippen molar-refractivity contribution in [2.24, 2.45) is 0 Å². The van der Waals surface area contributed by atoms with Crippen molar-refractivity contribution in [2.75, 3.05) is 0 Å². The summed E-state index contributed by atoms with van der Waals surface area (Å²) in [7, 11) is 0. The molecule has 0 bridgehead atoms. The minimum Gasteiger partial charge on any atom is -0.480 e. The van der Waals surface area contributed by atoms with Crippen LogP contribution in [-0.2, 0) is 4.79 Å². The van der Waals surface area contributed by atoms with Crippen molar-refractivity contribution >= 4 is 5.97 Å². The van der Waals surface area contributed by atoms with Gasteiger partial charge in [0, 0.05) is 5.56 Å². The van der Waals surface area contributed by atoms with Crippen LogP contribution < -0.4 is 0 Å². The van der Waals surface area contributed by atoms with E-state index in [1.54, 1.807) is 19.1 Å². The zero-order valence-corrected chi connectivity index (χ0v) is 9.17. The van der Waals surface area contributed by atoms with E-state index in [-0.39, 0.29) is 5.82 Å². The van der Waals surface area contributed by atoms with Gasteiger partial charge < -0.3 is 9.67 Å². The number of carbonyl (C=O) groups is 1. The predicted octanol–water partition coefficient (Wildman–Crippen LogP) is 2.33. The largest absolute Gasteiger partial charge is 0.480 e. The standard InChI is InChI=1S/C12H11FN2O2/c1-8(12(16)17)15-7-14-6-11(15)9-3-2-4-10(13)5-9/h2-8H,1H3,(H,16,17). The quantitative estimate of drug-likeness (QED) is 0.886. The van der Waals surface area contributed by atoms with Crippen LogP contribution >= 0.6 is 0 Å². The summed E-state index contributed by atoms with van der Waals surface area (Å²) in [5.41, 5.74) is 1.19. The highest BCUT2D eigenvalue weighted by molar-refractivity contribution is 5.73. The van der Waals surface area contributed by atoms with Gasteiger partial charge in [-0.3, -0.25) is 0 Å². The highest BCUT2D eigenvalue weighted by atomic mass is 19.1. The summed E-state index contributed by atoms with van der Waals surface area (Å²) in [6.07, 6.45) is 2.95. The number of carboxylic acids is 1. The van der Waals surface area contributed by atoms with E-state index >= 15 is 0 Å². The molecule has 1 aromatic carbocycles. The van der Waals surface area contributed by atoms with Crippen molar-refractivity contribution in [3.05, 3.63) is 42.6 Å². The van der Waals surface area contributed by atoms with Crippen LogP contribution in [0.4, 0.5) is 4.39 Å². The Morgan fingerprint density at radius 2 is 2.29 bits per heavy atom. The Bertz CT molecular complexity index is 551. The van der Waals surface area contributed by atoms with Crippen molar-refractivity contribution in [1.29, 1.82) is 0 Å². The van der Waals surface area contributed by atoms with Gasteiger partial charge in [0.15, 0.2) is 0 Å². The maximum absolute atomic E-state index is 13.1. The molecule has 0 spiro atoms. The highest BCUT2D eigenvalue weighted by Crippen LogP contribution is 2.23. The fourth-order valence-electron chi connectivity index (χ4n) is 1.60. The van der Waals surface area contributed by atoms with Gasteiger partial charge in [0.05, 0.1) is 18.2 Å². The molecular weight excluding hydrogens is 223 g/mol. The number of aliphatic carboxylic acids is 1. The molecule has 1 aromatic heterocycles. The summed E-state index contributed by atoms with van der Waals surface area (Å²) < 4.78 is 14.6. The van der Waals surface area contributed by atoms with Gasteiger partial charge >= 0.3 is 5.97 Å². The molecule has 88 valence electrons. The summed E-state index contributed by atoms with van der Waals surface area (Å²) in [5, 5.41) is 8.96.